The third-order valence-electron chi connectivity index (χ3n) is 2.49. The summed E-state index contributed by atoms with van der Waals surface area (Å²) in [5.41, 5.74) is 7.23. The molecule has 6 heteroatoms. The molecule has 0 saturated carbocycles. The average Bonchev–Trinajstić information content (AvgIpc) is 2.88. The van der Waals surface area contributed by atoms with Gasteiger partial charge in [-0.2, -0.15) is 0 Å². The Hall–Kier alpha value is -1.53. The maximum absolute atomic E-state index is 12.9. The summed E-state index contributed by atoms with van der Waals surface area (Å²) in [6.07, 6.45) is 3.98. The number of nitrogens with two attached hydrogens (primary N) is 1. The molecule has 2 aromatic heterocycles. The number of imidazole rings is 1. The van der Waals surface area contributed by atoms with E-state index in [0.29, 0.717) is 5.69 Å². The van der Waals surface area contributed by atoms with Gasteiger partial charge >= 0.3 is 0 Å². The van der Waals surface area contributed by atoms with Crippen LogP contribution in [0, 0.1) is 5.82 Å². The van der Waals surface area contributed by atoms with E-state index in [9.17, 15) is 4.39 Å². The first kappa shape index (κ1) is 11.6. The monoisotopic (exact) mass is 279 g/mol. The number of thioether (sulfide) groups is 1. The van der Waals surface area contributed by atoms with Crippen LogP contribution in [0.3, 0.4) is 0 Å². The molecular formula is C12H10FN3S2. The van der Waals surface area contributed by atoms with Crippen LogP contribution in [0.25, 0.3) is 4.96 Å². The lowest BCUT2D eigenvalue weighted by molar-refractivity contribution is 0.627. The first-order chi connectivity index (χ1) is 8.72. The molecule has 0 aliphatic rings. The van der Waals surface area contributed by atoms with E-state index in [0.717, 1.165) is 21.3 Å². The van der Waals surface area contributed by atoms with Crippen molar-refractivity contribution in [1.29, 1.82) is 0 Å². The van der Waals surface area contributed by atoms with Gasteiger partial charge in [0.2, 0.25) is 0 Å². The molecule has 3 rings (SSSR count). The van der Waals surface area contributed by atoms with Crippen LogP contribution in [0.4, 0.5) is 10.1 Å². The van der Waals surface area contributed by atoms with Crippen molar-refractivity contribution in [2.45, 2.75) is 10.6 Å². The maximum Gasteiger partial charge on any atom is 0.193 e. The van der Waals surface area contributed by atoms with Crippen LogP contribution in [0.5, 0.6) is 0 Å². The SMILES string of the molecule is Nc1cc(F)ccc1SCc1cn2ccsc2n1. The van der Waals surface area contributed by atoms with E-state index in [2.05, 4.69) is 4.98 Å². The molecule has 92 valence electrons. The van der Waals surface area contributed by atoms with Crippen molar-refractivity contribution in [1.82, 2.24) is 9.38 Å². The molecule has 18 heavy (non-hydrogen) atoms. The Labute approximate surface area is 111 Å². The van der Waals surface area contributed by atoms with Crippen LogP contribution < -0.4 is 5.73 Å². The Kier molecular flexibility index (Phi) is 2.97. The number of fused-ring (bicyclic) bond motifs is 1. The highest BCUT2D eigenvalue weighted by Gasteiger charge is 2.06. The highest BCUT2D eigenvalue weighted by molar-refractivity contribution is 7.98. The number of anilines is 1. The molecule has 0 unspecified atom stereocenters. The fraction of sp³-hybridized carbons (Fsp3) is 0.0833. The van der Waals surface area contributed by atoms with Gasteiger partial charge in [-0.3, -0.25) is 4.40 Å². The van der Waals surface area contributed by atoms with Gasteiger partial charge in [0.15, 0.2) is 4.96 Å². The zero-order valence-corrected chi connectivity index (χ0v) is 11.0. The standard InChI is InChI=1S/C12H10FN3S2/c13-8-1-2-11(10(14)5-8)18-7-9-6-16-3-4-17-12(16)15-9/h1-6H,7,14H2. The van der Waals surface area contributed by atoms with Gasteiger partial charge in [0.25, 0.3) is 0 Å². The lowest BCUT2D eigenvalue weighted by Gasteiger charge is -2.03. The topological polar surface area (TPSA) is 43.3 Å². The van der Waals surface area contributed by atoms with Crippen molar-refractivity contribution in [3.05, 3.63) is 47.5 Å². The quantitative estimate of drug-likeness (QED) is 0.590. The second-order valence-corrected chi connectivity index (χ2v) is 5.69. The van der Waals surface area contributed by atoms with Crippen molar-refractivity contribution in [3.8, 4) is 0 Å². The van der Waals surface area contributed by atoms with Crippen LogP contribution in [0.1, 0.15) is 5.69 Å². The largest absolute Gasteiger partial charge is 0.398 e. The summed E-state index contributed by atoms with van der Waals surface area (Å²) in [4.78, 5) is 6.35. The summed E-state index contributed by atoms with van der Waals surface area (Å²) in [5, 5.41) is 2.00. The predicted octanol–water partition coefficient (Wildman–Crippen LogP) is 3.41. The van der Waals surface area contributed by atoms with Crippen LogP contribution in [-0.2, 0) is 5.75 Å². The van der Waals surface area contributed by atoms with Crippen molar-refractivity contribution < 1.29 is 4.39 Å². The fourth-order valence-electron chi connectivity index (χ4n) is 1.65. The second kappa shape index (κ2) is 4.62. The molecule has 0 bridgehead atoms. The molecule has 0 atom stereocenters. The van der Waals surface area contributed by atoms with Gasteiger partial charge in [-0.25, -0.2) is 9.37 Å². The summed E-state index contributed by atoms with van der Waals surface area (Å²) >= 11 is 3.17. The van der Waals surface area contributed by atoms with E-state index in [1.165, 1.54) is 12.1 Å². The van der Waals surface area contributed by atoms with E-state index in [4.69, 9.17) is 5.73 Å². The number of hydrogen-bond acceptors (Lipinski definition) is 4. The minimum atomic E-state index is -0.306. The van der Waals surface area contributed by atoms with Gasteiger partial charge in [0.05, 0.1) is 5.69 Å². The van der Waals surface area contributed by atoms with Crippen molar-refractivity contribution in [3.63, 3.8) is 0 Å². The summed E-state index contributed by atoms with van der Waals surface area (Å²) < 4.78 is 14.9. The second-order valence-electron chi connectivity index (χ2n) is 3.80. The number of thiazole rings is 1. The highest BCUT2D eigenvalue weighted by Crippen LogP contribution is 2.28. The molecule has 1 aromatic carbocycles. The number of nitrogens with zero attached hydrogens (tertiary/aromatic N) is 2. The van der Waals surface area contributed by atoms with Crippen molar-refractivity contribution in [2.24, 2.45) is 0 Å². The molecule has 0 aliphatic carbocycles. The molecule has 2 heterocycles. The molecule has 0 saturated heterocycles. The number of rotatable bonds is 3. The Morgan fingerprint density at radius 3 is 3.11 bits per heavy atom. The zero-order chi connectivity index (χ0) is 12.5. The Bertz CT molecular complexity index is 661. The van der Waals surface area contributed by atoms with Gasteiger partial charge in [-0.15, -0.1) is 23.1 Å². The molecule has 0 spiro atoms. The smallest absolute Gasteiger partial charge is 0.193 e. The minimum Gasteiger partial charge on any atom is -0.398 e. The van der Waals surface area contributed by atoms with Gasteiger partial charge in [-0.05, 0) is 18.2 Å². The maximum atomic E-state index is 12.9. The average molecular weight is 279 g/mol. The predicted molar refractivity (Wildman–Crippen MR) is 73.4 cm³/mol. The van der Waals surface area contributed by atoms with Crippen molar-refractivity contribution in [2.75, 3.05) is 5.73 Å². The lowest BCUT2D eigenvalue weighted by atomic mass is 10.3. The molecule has 3 nitrogen and oxygen atoms in total. The van der Waals surface area contributed by atoms with Crippen LogP contribution in [0.2, 0.25) is 0 Å². The van der Waals surface area contributed by atoms with E-state index in [1.807, 2.05) is 22.2 Å². The lowest BCUT2D eigenvalue weighted by Crippen LogP contribution is -1.90. The Morgan fingerprint density at radius 1 is 1.44 bits per heavy atom. The molecule has 2 N–H and O–H groups in total. The van der Waals surface area contributed by atoms with Crippen LogP contribution in [0.15, 0.2) is 40.9 Å². The molecule has 0 aliphatic heterocycles. The van der Waals surface area contributed by atoms with Gasteiger partial charge in [0, 0.05) is 34.1 Å². The Balaban J connectivity index is 1.76. The number of aromatic nitrogens is 2. The van der Waals surface area contributed by atoms with E-state index in [1.54, 1.807) is 29.2 Å². The van der Waals surface area contributed by atoms with E-state index >= 15 is 0 Å². The van der Waals surface area contributed by atoms with Gasteiger partial charge in [0.1, 0.15) is 5.82 Å². The van der Waals surface area contributed by atoms with E-state index < -0.39 is 0 Å². The Morgan fingerprint density at radius 2 is 2.33 bits per heavy atom. The number of hydrogen-bond donors (Lipinski definition) is 1. The fourth-order valence-corrected chi connectivity index (χ4v) is 3.20. The number of benzene rings is 1. The number of halogens is 1. The first-order valence-corrected chi connectivity index (χ1v) is 7.18. The number of nitrogen functional groups attached to an aromatic ring is 1. The highest BCUT2D eigenvalue weighted by atomic mass is 32.2. The summed E-state index contributed by atoms with van der Waals surface area (Å²) in [6, 6.07) is 4.46. The third kappa shape index (κ3) is 2.21. The molecule has 0 radical (unpaired) electrons. The summed E-state index contributed by atoms with van der Waals surface area (Å²) in [7, 11) is 0. The van der Waals surface area contributed by atoms with Crippen LogP contribution >= 0.6 is 23.1 Å². The molecule has 3 aromatic rings. The summed E-state index contributed by atoms with van der Waals surface area (Å²) in [5.74, 6) is 0.420. The zero-order valence-electron chi connectivity index (χ0n) is 9.34. The van der Waals surface area contributed by atoms with Crippen molar-refractivity contribution >= 4 is 33.7 Å². The van der Waals surface area contributed by atoms with Crippen LogP contribution in [-0.4, -0.2) is 9.38 Å². The molecular weight excluding hydrogens is 269 g/mol. The first-order valence-electron chi connectivity index (χ1n) is 5.31. The van der Waals surface area contributed by atoms with Gasteiger partial charge in [-0.1, -0.05) is 0 Å². The molecule has 0 fully saturated rings. The normalized spacial score (nSPS) is 11.2. The molecule has 0 amide bonds. The summed E-state index contributed by atoms with van der Waals surface area (Å²) in [6.45, 7) is 0. The minimum absolute atomic E-state index is 0.306. The van der Waals surface area contributed by atoms with E-state index in [-0.39, 0.29) is 5.82 Å². The van der Waals surface area contributed by atoms with Gasteiger partial charge < -0.3 is 5.73 Å². The third-order valence-corrected chi connectivity index (χ3v) is 4.38.